The van der Waals surface area contributed by atoms with E-state index in [9.17, 15) is 4.79 Å². The molecule has 3 aliphatic heterocycles. The minimum absolute atomic E-state index is 0.0792. The van der Waals surface area contributed by atoms with Crippen LogP contribution in [0, 0.1) is 10.8 Å². The first-order chi connectivity index (χ1) is 14.6. The van der Waals surface area contributed by atoms with E-state index in [1.165, 1.54) is 5.56 Å². The van der Waals surface area contributed by atoms with Gasteiger partial charge in [-0.1, -0.05) is 6.07 Å². The molecule has 5 heterocycles. The van der Waals surface area contributed by atoms with Crippen LogP contribution in [0.15, 0.2) is 47.3 Å². The molecular formula is C24H32N4O2. The summed E-state index contributed by atoms with van der Waals surface area (Å²) in [5.41, 5.74) is 1.09. The van der Waals surface area contributed by atoms with Crippen molar-refractivity contribution in [2.45, 2.75) is 39.3 Å². The Balaban J connectivity index is 1.36. The number of nitrogens with zero attached hydrogens (tertiary/aromatic N) is 4. The van der Waals surface area contributed by atoms with E-state index < -0.39 is 0 Å². The molecule has 0 N–H and O–H groups in total. The van der Waals surface area contributed by atoms with Gasteiger partial charge in [-0.2, -0.15) is 0 Å². The predicted octanol–water partition coefficient (Wildman–Crippen LogP) is 3.01. The number of carbonyl (C=O) groups excluding carboxylic acids is 1. The van der Waals surface area contributed by atoms with Gasteiger partial charge in [-0.25, -0.2) is 0 Å². The maximum absolute atomic E-state index is 13.6. The Morgan fingerprint density at radius 2 is 1.90 bits per heavy atom. The predicted molar refractivity (Wildman–Crippen MR) is 114 cm³/mol. The van der Waals surface area contributed by atoms with Crippen molar-refractivity contribution >= 4 is 5.91 Å². The number of hydrogen-bond donors (Lipinski definition) is 0. The second-order valence-corrected chi connectivity index (χ2v) is 9.36. The maximum Gasteiger partial charge on any atom is 0.230 e. The lowest BCUT2D eigenvalue weighted by Gasteiger charge is -2.47. The molecule has 0 bridgehead atoms. The van der Waals surface area contributed by atoms with E-state index >= 15 is 0 Å². The van der Waals surface area contributed by atoms with Gasteiger partial charge in [-0.05, 0) is 63.0 Å². The quantitative estimate of drug-likeness (QED) is 0.761. The molecule has 6 nitrogen and oxygen atoms in total. The van der Waals surface area contributed by atoms with Crippen molar-refractivity contribution in [3.63, 3.8) is 0 Å². The van der Waals surface area contributed by atoms with Crippen LogP contribution in [0.5, 0.6) is 0 Å². The third-order valence-corrected chi connectivity index (χ3v) is 7.82. The number of carbonyl (C=O) groups is 1. The highest BCUT2D eigenvalue weighted by atomic mass is 16.3. The van der Waals surface area contributed by atoms with Crippen LogP contribution in [0.25, 0.3) is 0 Å². The van der Waals surface area contributed by atoms with Gasteiger partial charge >= 0.3 is 0 Å². The molecule has 30 heavy (non-hydrogen) atoms. The van der Waals surface area contributed by atoms with Crippen molar-refractivity contribution in [3.05, 3.63) is 54.2 Å². The molecule has 1 amide bonds. The van der Waals surface area contributed by atoms with Crippen LogP contribution in [0.3, 0.4) is 0 Å². The van der Waals surface area contributed by atoms with E-state index in [-0.39, 0.29) is 10.8 Å². The van der Waals surface area contributed by atoms with Crippen LogP contribution in [0.1, 0.15) is 37.5 Å². The molecule has 2 spiro atoms. The SMILES string of the molecule is CCN1CCC2(CN(Cc3cccnc3)CC23CCN(Cc2ccco2)CC3)C1=O. The number of furan rings is 1. The number of fused-ring (bicyclic) bond motifs is 1. The molecule has 3 aliphatic rings. The lowest BCUT2D eigenvalue weighted by Crippen LogP contribution is -2.52. The van der Waals surface area contributed by atoms with Gasteiger partial charge in [0.2, 0.25) is 5.91 Å². The van der Waals surface area contributed by atoms with E-state index in [2.05, 4.69) is 38.7 Å². The van der Waals surface area contributed by atoms with E-state index in [0.717, 1.165) is 77.4 Å². The largest absolute Gasteiger partial charge is 0.468 e. The van der Waals surface area contributed by atoms with Gasteiger partial charge in [0, 0.05) is 50.5 Å². The summed E-state index contributed by atoms with van der Waals surface area (Å²) in [7, 11) is 0. The van der Waals surface area contributed by atoms with Crippen molar-refractivity contribution < 1.29 is 9.21 Å². The molecule has 160 valence electrons. The standard InChI is InChI=1S/C24H32N4O2/c1-2-28-13-9-24(22(28)29)19-27(16-20-5-3-10-25-15-20)18-23(24)7-11-26(12-8-23)17-21-6-4-14-30-21/h3-6,10,14-15H,2,7-9,11-13,16-19H2,1H3. The Labute approximate surface area is 178 Å². The zero-order valence-electron chi connectivity index (χ0n) is 17.9. The van der Waals surface area contributed by atoms with E-state index in [4.69, 9.17) is 4.42 Å². The first kappa shape index (κ1) is 19.8. The molecular weight excluding hydrogens is 376 g/mol. The molecule has 0 aliphatic carbocycles. The molecule has 2 aromatic rings. The second-order valence-electron chi connectivity index (χ2n) is 9.36. The normalized spacial score (nSPS) is 27.0. The molecule has 1 unspecified atom stereocenters. The van der Waals surface area contributed by atoms with Crippen LogP contribution < -0.4 is 0 Å². The Hall–Kier alpha value is -2.18. The number of pyridine rings is 1. The van der Waals surface area contributed by atoms with E-state index in [0.29, 0.717) is 5.91 Å². The van der Waals surface area contributed by atoms with Crippen molar-refractivity contribution in [2.75, 3.05) is 39.3 Å². The fraction of sp³-hybridized carbons (Fsp3) is 0.583. The summed E-state index contributed by atoms with van der Waals surface area (Å²) in [5.74, 6) is 1.43. The lowest BCUT2D eigenvalue weighted by atomic mass is 9.60. The summed E-state index contributed by atoms with van der Waals surface area (Å²) >= 11 is 0. The fourth-order valence-electron chi connectivity index (χ4n) is 6.22. The molecule has 0 saturated carbocycles. The number of hydrogen-bond acceptors (Lipinski definition) is 5. The molecule has 5 rings (SSSR count). The Morgan fingerprint density at radius 1 is 1.03 bits per heavy atom. The molecule has 1 atom stereocenters. The third-order valence-electron chi connectivity index (χ3n) is 7.82. The second kappa shape index (κ2) is 7.82. The van der Waals surface area contributed by atoms with Crippen molar-refractivity contribution in [3.8, 4) is 0 Å². The molecule has 0 radical (unpaired) electrons. The van der Waals surface area contributed by atoms with Crippen LogP contribution >= 0.6 is 0 Å². The fourth-order valence-corrected chi connectivity index (χ4v) is 6.22. The smallest absolute Gasteiger partial charge is 0.230 e. The first-order valence-electron chi connectivity index (χ1n) is 11.3. The maximum atomic E-state index is 13.6. The van der Waals surface area contributed by atoms with Crippen molar-refractivity contribution in [2.24, 2.45) is 10.8 Å². The highest BCUT2D eigenvalue weighted by molar-refractivity contribution is 5.86. The highest BCUT2D eigenvalue weighted by Crippen LogP contribution is 2.58. The minimum Gasteiger partial charge on any atom is -0.468 e. The van der Waals surface area contributed by atoms with Crippen LogP contribution in [-0.2, 0) is 17.9 Å². The Morgan fingerprint density at radius 3 is 2.57 bits per heavy atom. The summed E-state index contributed by atoms with van der Waals surface area (Å²) in [4.78, 5) is 25.0. The summed E-state index contributed by atoms with van der Waals surface area (Å²) < 4.78 is 5.56. The molecule has 0 aromatic carbocycles. The zero-order chi connectivity index (χ0) is 20.6. The molecule has 6 heteroatoms. The Bertz CT molecular complexity index is 861. The molecule has 2 aromatic heterocycles. The van der Waals surface area contributed by atoms with Gasteiger partial charge in [0.15, 0.2) is 0 Å². The monoisotopic (exact) mass is 408 g/mol. The van der Waals surface area contributed by atoms with Crippen LogP contribution in [-0.4, -0.2) is 64.9 Å². The average molecular weight is 409 g/mol. The van der Waals surface area contributed by atoms with Crippen molar-refractivity contribution in [1.82, 2.24) is 19.7 Å². The van der Waals surface area contributed by atoms with Crippen LogP contribution in [0.2, 0.25) is 0 Å². The molecule has 3 saturated heterocycles. The Kier molecular flexibility index (Phi) is 5.15. The van der Waals surface area contributed by atoms with Gasteiger partial charge in [0.05, 0.1) is 18.2 Å². The minimum atomic E-state index is -0.220. The molecule has 3 fully saturated rings. The topological polar surface area (TPSA) is 52.8 Å². The summed E-state index contributed by atoms with van der Waals surface area (Å²) in [6, 6.07) is 8.16. The van der Waals surface area contributed by atoms with Crippen molar-refractivity contribution in [1.29, 1.82) is 0 Å². The van der Waals surface area contributed by atoms with Crippen LogP contribution in [0.4, 0.5) is 0 Å². The summed E-state index contributed by atoms with van der Waals surface area (Å²) in [5, 5.41) is 0. The number of aromatic nitrogens is 1. The summed E-state index contributed by atoms with van der Waals surface area (Å²) in [6.07, 6.45) is 8.70. The zero-order valence-corrected chi connectivity index (χ0v) is 17.9. The van der Waals surface area contributed by atoms with Gasteiger partial charge in [0.25, 0.3) is 0 Å². The number of likely N-dealkylation sites (tertiary alicyclic amines) is 3. The lowest BCUT2D eigenvalue weighted by molar-refractivity contribution is -0.142. The number of amides is 1. The third kappa shape index (κ3) is 3.26. The van der Waals surface area contributed by atoms with Gasteiger partial charge in [0.1, 0.15) is 5.76 Å². The van der Waals surface area contributed by atoms with Gasteiger partial charge in [-0.3, -0.25) is 19.6 Å². The number of rotatable bonds is 5. The summed E-state index contributed by atoms with van der Waals surface area (Å²) in [6.45, 7) is 9.55. The van der Waals surface area contributed by atoms with E-state index in [1.54, 1.807) is 6.26 Å². The average Bonchev–Trinajstić information content (AvgIpc) is 3.46. The van der Waals surface area contributed by atoms with Gasteiger partial charge in [-0.15, -0.1) is 0 Å². The van der Waals surface area contributed by atoms with Gasteiger partial charge < -0.3 is 9.32 Å². The number of piperidine rings is 1. The highest BCUT2D eigenvalue weighted by Gasteiger charge is 2.64. The van der Waals surface area contributed by atoms with E-state index in [1.807, 2.05) is 24.5 Å². The first-order valence-corrected chi connectivity index (χ1v) is 11.3.